The fraction of sp³-hybridized carbons (Fsp3) is 0.435. The minimum absolute atomic E-state index is 0.153. The molecule has 3 aromatic rings. The van der Waals surface area contributed by atoms with E-state index in [2.05, 4.69) is 36.0 Å². The molecular weight excluding hydrogens is 396 g/mol. The highest BCUT2D eigenvalue weighted by Gasteiger charge is 2.26. The fourth-order valence-corrected chi connectivity index (χ4v) is 3.39. The summed E-state index contributed by atoms with van der Waals surface area (Å²) in [6.07, 6.45) is 1.58. The van der Waals surface area contributed by atoms with Crippen molar-refractivity contribution in [1.29, 1.82) is 0 Å². The summed E-state index contributed by atoms with van der Waals surface area (Å²) in [7, 11) is 0. The molecule has 8 nitrogen and oxygen atoms in total. The van der Waals surface area contributed by atoms with Gasteiger partial charge in [-0.3, -0.25) is 9.89 Å². The number of rotatable bonds is 7. The first-order chi connectivity index (χ1) is 14.6. The summed E-state index contributed by atoms with van der Waals surface area (Å²) in [6.45, 7) is 12.5. The van der Waals surface area contributed by atoms with Crippen LogP contribution >= 0.6 is 0 Å². The number of H-pyrrole nitrogens is 2. The topological polar surface area (TPSA) is 104 Å². The third-order valence-corrected chi connectivity index (χ3v) is 5.24. The number of hydrogen-bond donors (Lipinski definition) is 2. The third-order valence-electron chi connectivity index (χ3n) is 5.24. The van der Waals surface area contributed by atoms with Crippen molar-refractivity contribution in [3.63, 3.8) is 0 Å². The van der Waals surface area contributed by atoms with Crippen LogP contribution in [0.4, 0.5) is 0 Å². The molecule has 8 heteroatoms. The van der Waals surface area contributed by atoms with Gasteiger partial charge in [0.05, 0.1) is 19.4 Å². The van der Waals surface area contributed by atoms with E-state index in [1.165, 1.54) is 0 Å². The molecule has 1 amide bonds. The first kappa shape index (κ1) is 22.4. The van der Waals surface area contributed by atoms with Gasteiger partial charge in [-0.05, 0) is 50.1 Å². The van der Waals surface area contributed by atoms with Gasteiger partial charge in [-0.1, -0.05) is 20.8 Å². The lowest BCUT2D eigenvalue weighted by Crippen LogP contribution is -2.30. The molecule has 0 aromatic carbocycles. The lowest BCUT2D eigenvalue weighted by Gasteiger charge is -2.21. The van der Waals surface area contributed by atoms with Gasteiger partial charge in [0.1, 0.15) is 17.1 Å². The SMILES string of the molecule is CCOC(=O)c1[nH]c(C)c(CN(Cc2ccco2)C(=O)c2cc(C(C)(C)C)[nH]n2)c1C. The second-order valence-electron chi connectivity index (χ2n) is 8.61. The number of ether oxygens (including phenoxy) is 1. The number of aryl methyl sites for hydroxylation is 1. The third kappa shape index (κ3) is 4.90. The number of aromatic amines is 2. The highest BCUT2D eigenvalue weighted by molar-refractivity contribution is 5.93. The number of furan rings is 1. The standard InChI is InChI=1S/C23H30N4O4/c1-7-30-22(29)20-14(2)17(15(3)24-20)13-27(12-16-9-8-10-31-16)21(28)18-11-19(26-25-18)23(4,5)6/h8-11,24H,7,12-13H2,1-6H3,(H,25,26). The van der Waals surface area contributed by atoms with E-state index < -0.39 is 5.97 Å². The van der Waals surface area contributed by atoms with Crippen LogP contribution in [0.3, 0.4) is 0 Å². The van der Waals surface area contributed by atoms with Crippen molar-refractivity contribution in [2.24, 2.45) is 0 Å². The number of hydrogen-bond acceptors (Lipinski definition) is 5. The Labute approximate surface area is 182 Å². The van der Waals surface area contributed by atoms with Crippen molar-refractivity contribution in [2.45, 2.75) is 60.0 Å². The van der Waals surface area contributed by atoms with Gasteiger partial charge >= 0.3 is 5.97 Å². The number of aromatic nitrogens is 3. The average Bonchev–Trinajstić information content (AvgIpc) is 3.43. The van der Waals surface area contributed by atoms with Crippen LogP contribution < -0.4 is 0 Å². The van der Waals surface area contributed by atoms with E-state index in [1.807, 2.05) is 19.9 Å². The summed E-state index contributed by atoms with van der Waals surface area (Å²) in [5.74, 6) is 0.0394. The molecule has 0 bridgehead atoms. The van der Waals surface area contributed by atoms with E-state index in [-0.39, 0.29) is 17.9 Å². The zero-order valence-electron chi connectivity index (χ0n) is 19.0. The quantitative estimate of drug-likeness (QED) is 0.549. The van der Waals surface area contributed by atoms with Crippen LogP contribution in [0.15, 0.2) is 28.9 Å². The number of esters is 1. The predicted octanol–water partition coefficient (Wildman–Crippen LogP) is 4.26. The highest BCUT2D eigenvalue weighted by Crippen LogP contribution is 2.24. The molecule has 166 valence electrons. The lowest BCUT2D eigenvalue weighted by atomic mass is 9.92. The Balaban J connectivity index is 1.93. The van der Waals surface area contributed by atoms with Crippen molar-refractivity contribution < 1.29 is 18.7 Å². The molecule has 0 aliphatic rings. The molecule has 0 radical (unpaired) electrons. The number of nitrogens with one attached hydrogen (secondary N) is 2. The lowest BCUT2D eigenvalue weighted by molar-refractivity contribution is 0.0519. The number of carbonyl (C=O) groups excluding carboxylic acids is 2. The van der Waals surface area contributed by atoms with Gasteiger partial charge in [0.15, 0.2) is 0 Å². The van der Waals surface area contributed by atoms with E-state index >= 15 is 0 Å². The fourth-order valence-electron chi connectivity index (χ4n) is 3.39. The van der Waals surface area contributed by atoms with Crippen LogP contribution in [-0.2, 0) is 23.2 Å². The largest absolute Gasteiger partial charge is 0.467 e. The van der Waals surface area contributed by atoms with E-state index in [4.69, 9.17) is 9.15 Å². The Morgan fingerprint density at radius 2 is 1.97 bits per heavy atom. The molecular formula is C23H30N4O4. The van der Waals surface area contributed by atoms with E-state index in [1.54, 1.807) is 30.2 Å². The summed E-state index contributed by atoms with van der Waals surface area (Å²) in [5.41, 5.74) is 3.94. The smallest absolute Gasteiger partial charge is 0.355 e. The van der Waals surface area contributed by atoms with Crippen molar-refractivity contribution in [1.82, 2.24) is 20.1 Å². The number of nitrogens with zero attached hydrogens (tertiary/aromatic N) is 2. The van der Waals surface area contributed by atoms with Crippen LogP contribution in [0.5, 0.6) is 0 Å². The Morgan fingerprint density at radius 3 is 2.55 bits per heavy atom. The molecule has 0 aliphatic heterocycles. The first-order valence-electron chi connectivity index (χ1n) is 10.3. The van der Waals surface area contributed by atoms with Crippen molar-refractivity contribution in [3.05, 3.63) is 64.1 Å². The maximum absolute atomic E-state index is 13.4. The molecule has 3 aromatic heterocycles. The summed E-state index contributed by atoms with van der Waals surface area (Å²) in [5, 5.41) is 7.22. The Morgan fingerprint density at radius 1 is 1.23 bits per heavy atom. The molecule has 0 saturated heterocycles. The summed E-state index contributed by atoms with van der Waals surface area (Å²) < 4.78 is 10.6. The van der Waals surface area contributed by atoms with Gasteiger partial charge < -0.3 is 19.0 Å². The van der Waals surface area contributed by atoms with Gasteiger partial charge in [0, 0.05) is 23.3 Å². The zero-order valence-corrected chi connectivity index (χ0v) is 19.0. The second-order valence-corrected chi connectivity index (χ2v) is 8.61. The van der Waals surface area contributed by atoms with Crippen LogP contribution in [0, 0.1) is 13.8 Å². The molecule has 3 rings (SSSR count). The average molecular weight is 427 g/mol. The van der Waals surface area contributed by atoms with Crippen molar-refractivity contribution in [2.75, 3.05) is 6.61 Å². The predicted molar refractivity (Wildman–Crippen MR) is 116 cm³/mol. The molecule has 0 saturated carbocycles. The van der Waals surface area contributed by atoms with Crippen molar-refractivity contribution >= 4 is 11.9 Å². The van der Waals surface area contributed by atoms with E-state index in [9.17, 15) is 9.59 Å². The zero-order chi connectivity index (χ0) is 22.8. The normalized spacial score (nSPS) is 11.5. The van der Waals surface area contributed by atoms with Crippen LogP contribution in [0.1, 0.15) is 76.9 Å². The van der Waals surface area contributed by atoms with Crippen LogP contribution in [0.25, 0.3) is 0 Å². The van der Waals surface area contributed by atoms with Gasteiger partial charge in [-0.15, -0.1) is 0 Å². The van der Waals surface area contributed by atoms with E-state index in [0.29, 0.717) is 30.3 Å². The van der Waals surface area contributed by atoms with E-state index in [0.717, 1.165) is 22.5 Å². The van der Waals surface area contributed by atoms with Gasteiger partial charge in [-0.2, -0.15) is 5.10 Å². The molecule has 0 fully saturated rings. The molecule has 31 heavy (non-hydrogen) atoms. The highest BCUT2D eigenvalue weighted by atomic mass is 16.5. The Bertz CT molecular complexity index is 1050. The minimum atomic E-state index is -0.402. The molecule has 3 heterocycles. The van der Waals surface area contributed by atoms with Crippen molar-refractivity contribution in [3.8, 4) is 0 Å². The minimum Gasteiger partial charge on any atom is -0.467 e. The summed E-state index contributed by atoms with van der Waals surface area (Å²) >= 11 is 0. The molecule has 0 spiro atoms. The first-order valence-corrected chi connectivity index (χ1v) is 10.3. The maximum atomic E-state index is 13.4. The molecule has 0 atom stereocenters. The van der Waals surface area contributed by atoms with Gasteiger partial charge in [-0.25, -0.2) is 4.79 Å². The molecule has 0 aliphatic carbocycles. The van der Waals surface area contributed by atoms with Crippen LogP contribution in [0.2, 0.25) is 0 Å². The molecule has 2 N–H and O–H groups in total. The molecule has 0 unspecified atom stereocenters. The summed E-state index contributed by atoms with van der Waals surface area (Å²) in [6, 6.07) is 5.40. The monoisotopic (exact) mass is 426 g/mol. The summed E-state index contributed by atoms with van der Waals surface area (Å²) in [4.78, 5) is 30.4. The van der Waals surface area contributed by atoms with Gasteiger partial charge in [0.25, 0.3) is 5.91 Å². The maximum Gasteiger partial charge on any atom is 0.355 e. The van der Waals surface area contributed by atoms with Crippen LogP contribution in [-0.4, -0.2) is 38.6 Å². The Hall–Kier alpha value is -3.29. The van der Waals surface area contributed by atoms with Gasteiger partial charge in [0.2, 0.25) is 0 Å². The number of carbonyl (C=O) groups is 2. The Kier molecular flexibility index (Phi) is 6.38. The number of amides is 1. The second kappa shape index (κ2) is 8.83.